The van der Waals surface area contributed by atoms with E-state index >= 15 is 0 Å². The van der Waals surface area contributed by atoms with Crippen molar-refractivity contribution in [3.05, 3.63) is 23.3 Å². The third-order valence-corrected chi connectivity index (χ3v) is 1.36. The molecule has 3 heteroatoms. The smallest absolute Gasteiger partial charge is 0 e. The molecule has 58 valence electrons. The van der Waals surface area contributed by atoms with Crippen LogP contribution in [0.5, 0.6) is 0 Å². The zero-order valence-corrected chi connectivity index (χ0v) is 11.1. The minimum absolute atomic E-state index is 0. The molecule has 0 unspecified atom stereocenters. The number of hydrogen-bond donors (Lipinski definition) is 0. The molecule has 1 aliphatic rings. The molecule has 0 aromatic rings. The second kappa shape index (κ2) is 8.03. The van der Waals surface area contributed by atoms with Crippen molar-refractivity contribution in [3.63, 3.8) is 0 Å². The van der Waals surface area contributed by atoms with Gasteiger partial charge in [-0.3, -0.25) is 6.08 Å². The predicted octanol–water partition coefficient (Wildman–Crippen LogP) is -3.91. The first-order valence-electron chi connectivity index (χ1n) is 2.53. The standard InChI is InChI=1S/C7H9.2ClH.Hf/c1-6-4-3-5-7(6)2;;;/h4H,5H2,1-2H3;2*1H;/q-1;;;/p-2. The largest absolute Gasteiger partial charge is 1.00 e. The molecule has 0 amide bonds. The SMILES string of the molecule is CC1=C(C)C[C-]=C1.[Cl-].[Cl-].[Hf]. The van der Waals surface area contributed by atoms with Gasteiger partial charge in [-0.2, -0.15) is 5.57 Å². The minimum Gasteiger partial charge on any atom is -1.00 e. The molecular weight excluding hydrogens is 333 g/mol. The van der Waals surface area contributed by atoms with E-state index in [1.54, 1.807) is 0 Å². The van der Waals surface area contributed by atoms with Gasteiger partial charge in [0.1, 0.15) is 0 Å². The van der Waals surface area contributed by atoms with Crippen molar-refractivity contribution in [3.8, 4) is 0 Å². The molecule has 0 aromatic carbocycles. The normalized spacial score (nSPS) is 13.4. The molecule has 0 radical (unpaired) electrons. The Balaban J connectivity index is -0.000000163. The van der Waals surface area contributed by atoms with Gasteiger partial charge in [-0.1, -0.05) is 6.92 Å². The van der Waals surface area contributed by atoms with Crippen LogP contribution in [-0.2, 0) is 25.8 Å². The molecule has 1 rings (SSSR count). The van der Waals surface area contributed by atoms with Crippen LogP contribution in [0.3, 0.4) is 0 Å². The van der Waals surface area contributed by atoms with Crippen molar-refractivity contribution in [2.45, 2.75) is 20.3 Å². The fourth-order valence-corrected chi connectivity index (χ4v) is 0.620. The van der Waals surface area contributed by atoms with Crippen LogP contribution in [0.4, 0.5) is 0 Å². The fraction of sp³-hybridized carbons (Fsp3) is 0.429. The van der Waals surface area contributed by atoms with Gasteiger partial charge in [-0.15, -0.1) is 13.3 Å². The van der Waals surface area contributed by atoms with Crippen LogP contribution in [0.2, 0.25) is 0 Å². The third-order valence-electron chi connectivity index (χ3n) is 1.36. The predicted molar refractivity (Wildman–Crippen MR) is 30.8 cm³/mol. The van der Waals surface area contributed by atoms with Gasteiger partial charge in [0.25, 0.3) is 0 Å². The van der Waals surface area contributed by atoms with E-state index in [1.807, 2.05) is 0 Å². The molecule has 1 aliphatic carbocycles. The number of halogens is 2. The monoisotopic (exact) mass is 343 g/mol. The molecule has 0 spiro atoms. The first kappa shape index (κ1) is 17.1. The van der Waals surface area contributed by atoms with E-state index in [1.165, 1.54) is 11.1 Å². The average molecular weight is 343 g/mol. The van der Waals surface area contributed by atoms with Crippen LogP contribution in [0.25, 0.3) is 0 Å². The van der Waals surface area contributed by atoms with Gasteiger partial charge < -0.3 is 24.8 Å². The molecule has 10 heavy (non-hydrogen) atoms. The Labute approximate surface area is 93.8 Å². The van der Waals surface area contributed by atoms with Crippen LogP contribution in [0.15, 0.2) is 17.2 Å². The van der Waals surface area contributed by atoms with Crippen LogP contribution in [0, 0.1) is 6.08 Å². The Kier molecular flexibility index (Phi) is 13.8. The molecular formula is C7H9Cl2Hf-3. The fourth-order valence-electron chi connectivity index (χ4n) is 0.620. The van der Waals surface area contributed by atoms with E-state index in [4.69, 9.17) is 0 Å². The summed E-state index contributed by atoms with van der Waals surface area (Å²) >= 11 is 0. The summed E-state index contributed by atoms with van der Waals surface area (Å²) in [7, 11) is 0. The Morgan fingerprint density at radius 3 is 1.90 bits per heavy atom. The summed E-state index contributed by atoms with van der Waals surface area (Å²) < 4.78 is 0. The average Bonchev–Trinajstić information content (AvgIpc) is 1.91. The van der Waals surface area contributed by atoms with Gasteiger partial charge in [-0.25, -0.2) is 11.6 Å². The summed E-state index contributed by atoms with van der Waals surface area (Å²) in [5, 5.41) is 0. The zero-order valence-electron chi connectivity index (χ0n) is 6.04. The Morgan fingerprint density at radius 2 is 1.80 bits per heavy atom. The van der Waals surface area contributed by atoms with E-state index < -0.39 is 0 Å². The molecule has 0 N–H and O–H groups in total. The number of rotatable bonds is 0. The van der Waals surface area contributed by atoms with Gasteiger partial charge in [-0.05, 0) is 0 Å². The summed E-state index contributed by atoms with van der Waals surface area (Å²) in [6.45, 7) is 4.27. The van der Waals surface area contributed by atoms with Gasteiger partial charge in [0.05, 0.1) is 0 Å². The molecule has 0 saturated heterocycles. The van der Waals surface area contributed by atoms with Crippen molar-refractivity contribution in [2.75, 3.05) is 0 Å². The second-order valence-electron chi connectivity index (χ2n) is 1.99. The van der Waals surface area contributed by atoms with E-state index in [9.17, 15) is 0 Å². The maximum absolute atomic E-state index is 3.12. The van der Waals surface area contributed by atoms with Crippen LogP contribution >= 0.6 is 0 Å². The summed E-state index contributed by atoms with van der Waals surface area (Å²) in [5.41, 5.74) is 2.85. The van der Waals surface area contributed by atoms with Crippen LogP contribution in [-0.4, -0.2) is 0 Å². The molecule has 0 bridgehead atoms. The van der Waals surface area contributed by atoms with Crippen molar-refractivity contribution in [1.82, 2.24) is 0 Å². The third kappa shape index (κ3) is 4.70. The molecule has 0 aromatic heterocycles. The van der Waals surface area contributed by atoms with Gasteiger partial charge in [0.15, 0.2) is 0 Å². The maximum atomic E-state index is 3.12. The van der Waals surface area contributed by atoms with E-state index in [0.29, 0.717) is 0 Å². The van der Waals surface area contributed by atoms with Gasteiger partial charge >= 0.3 is 0 Å². The summed E-state index contributed by atoms with van der Waals surface area (Å²) in [5.74, 6) is 0. The Bertz CT molecular complexity index is 139. The Hall–Kier alpha value is 0.930. The second-order valence-corrected chi connectivity index (χ2v) is 1.99. The van der Waals surface area contributed by atoms with Crippen molar-refractivity contribution >= 4 is 0 Å². The molecule has 0 aliphatic heterocycles. The van der Waals surface area contributed by atoms with Crippen LogP contribution < -0.4 is 24.8 Å². The molecule has 0 nitrogen and oxygen atoms in total. The summed E-state index contributed by atoms with van der Waals surface area (Å²) in [6, 6.07) is 0. The van der Waals surface area contributed by atoms with Crippen molar-refractivity contribution < 1.29 is 50.7 Å². The molecule has 0 heterocycles. The quantitative estimate of drug-likeness (QED) is 0.312. The number of hydrogen-bond acceptors (Lipinski definition) is 0. The molecule has 0 saturated carbocycles. The van der Waals surface area contributed by atoms with E-state index in [0.717, 1.165) is 6.42 Å². The van der Waals surface area contributed by atoms with Crippen molar-refractivity contribution in [2.24, 2.45) is 0 Å². The minimum atomic E-state index is 0. The first-order chi connectivity index (χ1) is 3.30. The van der Waals surface area contributed by atoms with E-state index in [2.05, 4.69) is 26.0 Å². The molecule has 0 atom stereocenters. The van der Waals surface area contributed by atoms with E-state index in [-0.39, 0.29) is 50.7 Å². The van der Waals surface area contributed by atoms with Gasteiger partial charge in [0, 0.05) is 25.8 Å². The van der Waals surface area contributed by atoms with Crippen LogP contribution in [0.1, 0.15) is 20.3 Å². The van der Waals surface area contributed by atoms with Gasteiger partial charge in [0.2, 0.25) is 0 Å². The topological polar surface area (TPSA) is 0 Å². The van der Waals surface area contributed by atoms with Crippen molar-refractivity contribution in [1.29, 1.82) is 0 Å². The number of allylic oxidation sites excluding steroid dienone is 4. The first-order valence-corrected chi connectivity index (χ1v) is 2.53. The Morgan fingerprint density at radius 1 is 1.30 bits per heavy atom. The summed E-state index contributed by atoms with van der Waals surface area (Å²) in [6.07, 6.45) is 6.22. The maximum Gasteiger partial charge on any atom is 0 e. The molecule has 0 fully saturated rings. The zero-order chi connectivity index (χ0) is 5.28. The summed E-state index contributed by atoms with van der Waals surface area (Å²) in [4.78, 5) is 0.